The van der Waals surface area contributed by atoms with E-state index < -0.39 is 0 Å². The first-order valence-electron chi connectivity index (χ1n) is 5.12. The van der Waals surface area contributed by atoms with Crippen molar-refractivity contribution in [2.24, 2.45) is 5.92 Å². The lowest BCUT2D eigenvalue weighted by Gasteiger charge is -2.14. The molecule has 0 spiro atoms. The van der Waals surface area contributed by atoms with Gasteiger partial charge in [0.05, 0.1) is 12.5 Å². The normalized spacial score (nSPS) is 32.3. The maximum atomic E-state index is 11.3. The lowest BCUT2D eigenvalue weighted by Crippen LogP contribution is -2.09. The Labute approximate surface area is 88.0 Å². The number of rotatable bonds is 1. The average molecular weight is 204 g/mol. The number of benzene rings is 1. The van der Waals surface area contributed by atoms with Crippen molar-refractivity contribution in [3.05, 3.63) is 35.4 Å². The van der Waals surface area contributed by atoms with Crippen LogP contribution in [0.4, 0.5) is 0 Å². The number of methoxy groups -OCH3 is 1. The van der Waals surface area contributed by atoms with Crippen LogP contribution in [-0.4, -0.2) is 13.1 Å². The van der Waals surface area contributed by atoms with Crippen LogP contribution in [0.15, 0.2) is 24.3 Å². The smallest absolute Gasteiger partial charge is 0.306 e. The number of carbonyl (C=O) groups is 1. The van der Waals surface area contributed by atoms with Gasteiger partial charge in [-0.1, -0.05) is 24.3 Å². The van der Waals surface area contributed by atoms with E-state index in [0.29, 0.717) is 6.42 Å². The molecule has 3 heteroatoms. The third kappa shape index (κ3) is 1.13. The van der Waals surface area contributed by atoms with Gasteiger partial charge in [-0.25, -0.2) is 0 Å². The highest BCUT2D eigenvalue weighted by Gasteiger charge is 2.48. The molecule has 1 fully saturated rings. The highest BCUT2D eigenvalue weighted by molar-refractivity contribution is 5.73. The Morgan fingerprint density at radius 1 is 1.33 bits per heavy atom. The molecule has 1 aromatic carbocycles. The first-order valence-corrected chi connectivity index (χ1v) is 5.12. The standard InChI is InChI=1S/C12H12O3/c1-14-11-7-4-2-3-5-8(7)12-9(11)6-10(13)15-12/h2-5,9,11-12H,6H2,1H3/t9-,11-,12+/m0/s1. The number of hydrogen-bond acceptors (Lipinski definition) is 3. The topological polar surface area (TPSA) is 35.5 Å². The Morgan fingerprint density at radius 2 is 2.07 bits per heavy atom. The van der Waals surface area contributed by atoms with Crippen LogP contribution in [-0.2, 0) is 14.3 Å². The highest BCUT2D eigenvalue weighted by atomic mass is 16.6. The molecule has 3 nitrogen and oxygen atoms in total. The van der Waals surface area contributed by atoms with Gasteiger partial charge < -0.3 is 9.47 Å². The zero-order valence-corrected chi connectivity index (χ0v) is 8.47. The number of hydrogen-bond donors (Lipinski definition) is 0. The molecule has 0 radical (unpaired) electrons. The van der Waals surface area contributed by atoms with Gasteiger partial charge in [0.2, 0.25) is 0 Å². The lowest BCUT2D eigenvalue weighted by molar-refractivity contribution is -0.141. The van der Waals surface area contributed by atoms with Crippen LogP contribution < -0.4 is 0 Å². The number of ether oxygens (including phenoxy) is 2. The van der Waals surface area contributed by atoms with Crippen LogP contribution in [0.5, 0.6) is 0 Å². The summed E-state index contributed by atoms with van der Waals surface area (Å²) in [7, 11) is 1.69. The molecule has 1 aromatic rings. The average Bonchev–Trinajstić information content (AvgIpc) is 2.73. The molecular formula is C12H12O3. The van der Waals surface area contributed by atoms with Crippen LogP contribution in [0.2, 0.25) is 0 Å². The van der Waals surface area contributed by atoms with Gasteiger partial charge in [0, 0.05) is 13.0 Å². The summed E-state index contributed by atoms with van der Waals surface area (Å²) in [5, 5.41) is 0. The molecule has 0 saturated carbocycles. The zero-order chi connectivity index (χ0) is 10.4. The second-order valence-corrected chi connectivity index (χ2v) is 4.06. The third-order valence-corrected chi connectivity index (χ3v) is 3.30. The van der Waals surface area contributed by atoms with E-state index in [4.69, 9.17) is 9.47 Å². The van der Waals surface area contributed by atoms with Crippen LogP contribution in [0.1, 0.15) is 29.8 Å². The Kier molecular flexibility index (Phi) is 1.83. The highest BCUT2D eigenvalue weighted by Crippen LogP contribution is 2.52. The Bertz CT molecular complexity index is 413. The largest absolute Gasteiger partial charge is 0.457 e. The predicted molar refractivity (Wildman–Crippen MR) is 53.1 cm³/mol. The minimum absolute atomic E-state index is 0.0117. The van der Waals surface area contributed by atoms with E-state index in [0.717, 1.165) is 5.56 Å². The fourth-order valence-electron chi connectivity index (χ4n) is 2.70. The molecule has 0 N–H and O–H groups in total. The summed E-state index contributed by atoms with van der Waals surface area (Å²) in [6.45, 7) is 0. The van der Waals surface area contributed by atoms with Crippen molar-refractivity contribution in [2.75, 3.05) is 7.11 Å². The lowest BCUT2D eigenvalue weighted by atomic mass is 10.00. The van der Waals surface area contributed by atoms with Gasteiger partial charge in [0.15, 0.2) is 0 Å². The molecule has 1 saturated heterocycles. The molecule has 78 valence electrons. The van der Waals surface area contributed by atoms with E-state index in [-0.39, 0.29) is 24.1 Å². The Balaban J connectivity index is 2.09. The molecule has 0 aromatic heterocycles. The molecule has 0 unspecified atom stereocenters. The first-order chi connectivity index (χ1) is 7.31. The molecular weight excluding hydrogens is 192 g/mol. The quantitative estimate of drug-likeness (QED) is 0.656. The van der Waals surface area contributed by atoms with Crippen LogP contribution >= 0.6 is 0 Å². The summed E-state index contributed by atoms with van der Waals surface area (Å²) in [6, 6.07) is 8.04. The van der Waals surface area contributed by atoms with E-state index >= 15 is 0 Å². The number of fused-ring (bicyclic) bond motifs is 3. The van der Waals surface area contributed by atoms with Crippen molar-refractivity contribution in [1.29, 1.82) is 0 Å². The third-order valence-electron chi connectivity index (χ3n) is 3.30. The SMILES string of the molecule is CO[C@H]1c2ccccc2[C@H]2OC(=O)C[C@H]21. The van der Waals surface area contributed by atoms with Gasteiger partial charge in [0.1, 0.15) is 6.10 Å². The van der Waals surface area contributed by atoms with Gasteiger partial charge in [-0.2, -0.15) is 0 Å². The van der Waals surface area contributed by atoms with Gasteiger partial charge in [-0.15, -0.1) is 0 Å². The minimum atomic E-state index is -0.110. The van der Waals surface area contributed by atoms with Gasteiger partial charge in [0.25, 0.3) is 0 Å². The monoisotopic (exact) mass is 204 g/mol. The summed E-state index contributed by atoms with van der Waals surface area (Å²) < 4.78 is 10.8. The molecule has 15 heavy (non-hydrogen) atoms. The van der Waals surface area contributed by atoms with Crippen molar-refractivity contribution in [3.8, 4) is 0 Å². The summed E-state index contributed by atoms with van der Waals surface area (Å²) in [5.74, 6) is 0.0569. The van der Waals surface area contributed by atoms with Gasteiger partial charge in [-0.3, -0.25) is 4.79 Å². The molecule has 2 aliphatic rings. The summed E-state index contributed by atoms with van der Waals surface area (Å²) >= 11 is 0. The predicted octanol–water partition coefficient (Wildman–Crippen LogP) is 1.99. The fourth-order valence-corrected chi connectivity index (χ4v) is 2.70. The van der Waals surface area contributed by atoms with Crippen LogP contribution in [0.25, 0.3) is 0 Å². The molecule has 1 heterocycles. The van der Waals surface area contributed by atoms with Crippen molar-refractivity contribution < 1.29 is 14.3 Å². The second-order valence-electron chi connectivity index (χ2n) is 4.06. The summed E-state index contributed by atoms with van der Waals surface area (Å²) in [6.07, 6.45) is 0.397. The van der Waals surface area contributed by atoms with E-state index in [2.05, 4.69) is 6.07 Å². The number of carbonyl (C=O) groups excluding carboxylic acids is 1. The Morgan fingerprint density at radius 3 is 2.80 bits per heavy atom. The van der Waals surface area contributed by atoms with Crippen LogP contribution in [0.3, 0.4) is 0 Å². The van der Waals surface area contributed by atoms with E-state index in [9.17, 15) is 4.79 Å². The van der Waals surface area contributed by atoms with Gasteiger partial charge in [-0.05, 0) is 11.1 Å². The zero-order valence-electron chi connectivity index (χ0n) is 8.47. The van der Waals surface area contributed by atoms with E-state index in [1.807, 2.05) is 18.2 Å². The Hall–Kier alpha value is -1.35. The van der Waals surface area contributed by atoms with Crippen molar-refractivity contribution >= 4 is 5.97 Å². The van der Waals surface area contributed by atoms with Crippen molar-refractivity contribution in [2.45, 2.75) is 18.6 Å². The number of esters is 1. The fraction of sp³-hybridized carbons (Fsp3) is 0.417. The first kappa shape index (κ1) is 8.92. The molecule has 3 atom stereocenters. The molecule has 0 bridgehead atoms. The van der Waals surface area contributed by atoms with E-state index in [1.165, 1.54) is 5.56 Å². The molecule has 0 amide bonds. The second kappa shape index (κ2) is 3.07. The van der Waals surface area contributed by atoms with Crippen molar-refractivity contribution in [3.63, 3.8) is 0 Å². The van der Waals surface area contributed by atoms with Crippen molar-refractivity contribution in [1.82, 2.24) is 0 Å². The maximum absolute atomic E-state index is 11.3. The molecule has 1 aliphatic carbocycles. The molecule has 1 aliphatic heterocycles. The molecule has 3 rings (SSSR count). The minimum Gasteiger partial charge on any atom is -0.457 e. The summed E-state index contributed by atoms with van der Waals surface area (Å²) in [5.41, 5.74) is 2.28. The summed E-state index contributed by atoms with van der Waals surface area (Å²) in [4.78, 5) is 11.3. The van der Waals surface area contributed by atoms with E-state index in [1.54, 1.807) is 7.11 Å². The van der Waals surface area contributed by atoms with Crippen LogP contribution in [0, 0.1) is 5.92 Å². The van der Waals surface area contributed by atoms with Gasteiger partial charge >= 0.3 is 5.97 Å². The maximum Gasteiger partial charge on any atom is 0.306 e.